The van der Waals surface area contributed by atoms with Crippen molar-refractivity contribution in [1.29, 1.82) is 0 Å². The van der Waals surface area contributed by atoms with Gasteiger partial charge in [-0.3, -0.25) is 0 Å². The summed E-state index contributed by atoms with van der Waals surface area (Å²) in [5.74, 6) is 0. The Labute approximate surface area is 106 Å². The molecule has 1 unspecified atom stereocenters. The van der Waals surface area contributed by atoms with Gasteiger partial charge in [-0.05, 0) is 36.8 Å². The topological polar surface area (TPSA) is 38.0 Å². The lowest BCUT2D eigenvalue weighted by atomic mass is 10.1. The molecule has 0 bridgehead atoms. The maximum atomic E-state index is 5.97. The molecule has 2 aromatic carbocycles. The predicted molar refractivity (Wildman–Crippen MR) is 74.3 cm³/mol. The van der Waals surface area contributed by atoms with Gasteiger partial charge in [-0.25, -0.2) is 0 Å². The van der Waals surface area contributed by atoms with E-state index < -0.39 is 0 Å². The lowest BCUT2D eigenvalue weighted by Crippen LogP contribution is -2.08. The molecule has 88 valence electrons. The Morgan fingerprint density at radius 3 is 2.59 bits per heavy atom. The van der Waals surface area contributed by atoms with Crippen LogP contribution in [0.5, 0.6) is 0 Å². The van der Waals surface area contributed by atoms with E-state index in [0.29, 0.717) is 0 Å². The number of nitrogen functional groups attached to an aromatic ring is 1. The summed E-state index contributed by atoms with van der Waals surface area (Å²) in [6, 6.07) is 15.7. The Kier molecular flexibility index (Phi) is 3.55. The monoisotopic (exact) mass is 246 g/mol. The van der Waals surface area contributed by atoms with Crippen molar-refractivity contribution in [2.45, 2.75) is 13.0 Å². The van der Waals surface area contributed by atoms with Crippen LogP contribution >= 0.6 is 11.6 Å². The highest BCUT2D eigenvalue weighted by molar-refractivity contribution is 6.30. The van der Waals surface area contributed by atoms with Gasteiger partial charge >= 0.3 is 0 Å². The van der Waals surface area contributed by atoms with Crippen LogP contribution in [0.2, 0.25) is 5.02 Å². The van der Waals surface area contributed by atoms with Crippen molar-refractivity contribution in [3.63, 3.8) is 0 Å². The standard InChI is InChI=1S/C14H15ClN2/c1-10(11-5-4-6-12(15)9-11)17-14-8-3-2-7-13(14)16/h2-10,17H,16H2,1H3. The number of rotatable bonds is 3. The van der Waals surface area contributed by atoms with Crippen LogP contribution in [0.25, 0.3) is 0 Å². The molecule has 0 aromatic heterocycles. The zero-order chi connectivity index (χ0) is 12.3. The first kappa shape index (κ1) is 11.8. The molecule has 2 rings (SSSR count). The van der Waals surface area contributed by atoms with Crippen LogP contribution in [0.3, 0.4) is 0 Å². The summed E-state index contributed by atoms with van der Waals surface area (Å²) in [6.07, 6.45) is 0. The van der Waals surface area contributed by atoms with E-state index in [0.717, 1.165) is 22.0 Å². The number of nitrogens with two attached hydrogens (primary N) is 1. The molecule has 0 radical (unpaired) electrons. The van der Waals surface area contributed by atoms with Gasteiger partial charge < -0.3 is 11.1 Å². The second kappa shape index (κ2) is 5.11. The number of anilines is 2. The largest absolute Gasteiger partial charge is 0.397 e. The van der Waals surface area contributed by atoms with E-state index in [9.17, 15) is 0 Å². The summed E-state index contributed by atoms with van der Waals surface area (Å²) in [4.78, 5) is 0. The highest BCUT2D eigenvalue weighted by Gasteiger charge is 2.06. The van der Waals surface area contributed by atoms with Gasteiger partial charge in [0, 0.05) is 11.1 Å². The molecule has 2 nitrogen and oxygen atoms in total. The first-order chi connectivity index (χ1) is 8.16. The lowest BCUT2D eigenvalue weighted by molar-refractivity contribution is 0.885. The van der Waals surface area contributed by atoms with E-state index in [4.69, 9.17) is 17.3 Å². The van der Waals surface area contributed by atoms with Gasteiger partial charge in [0.05, 0.1) is 11.4 Å². The summed E-state index contributed by atoms with van der Waals surface area (Å²) < 4.78 is 0. The van der Waals surface area contributed by atoms with Crippen molar-refractivity contribution in [1.82, 2.24) is 0 Å². The third-order valence-corrected chi connectivity index (χ3v) is 2.92. The molecule has 0 aliphatic rings. The molecule has 0 heterocycles. The third kappa shape index (κ3) is 2.92. The highest BCUT2D eigenvalue weighted by Crippen LogP contribution is 2.25. The molecule has 2 aromatic rings. The van der Waals surface area contributed by atoms with Crippen LogP contribution in [-0.4, -0.2) is 0 Å². The van der Waals surface area contributed by atoms with Gasteiger partial charge in [-0.15, -0.1) is 0 Å². The highest BCUT2D eigenvalue weighted by atomic mass is 35.5. The fraction of sp³-hybridized carbons (Fsp3) is 0.143. The minimum atomic E-state index is 0.165. The van der Waals surface area contributed by atoms with E-state index in [-0.39, 0.29) is 6.04 Å². The summed E-state index contributed by atoms with van der Waals surface area (Å²) in [6.45, 7) is 2.08. The van der Waals surface area contributed by atoms with E-state index in [2.05, 4.69) is 12.2 Å². The Bertz CT molecular complexity index is 511. The minimum absolute atomic E-state index is 0.165. The van der Waals surface area contributed by atoms with E-state index in [1.807, 2.05) is 48.5 Å². The minimum Gasteiger partial charge on any atom is -0.397 e. The summed E-state index contributed by atoms with van der Waals surface area (Å²) in [5.41, 5.74) is 8.72. The van der Waals surface area contributed by atoms with Crippen molar-refractivity contribution in [3.05, 3.63) is 59.1 Å². The normalized spacial score (nSPS) is 12.1. The van der Waals surface area contributed by atoms with Crippen LogP contribution in [0.4, 0.5) is 11.4 Å². The van der Waals surface area contributed by atoms with Crippen LogP contribution in [-0.2, 0) is 0 Å². The number of benzene rings is 2. The first-order valence-corrected chi connectivity index (χ1v) is 5.91. The zero-order valence-corrected chi connectivity index (χ0v) is 10.4. The van der Waals surface area contributed by atoms with Gasteiger partial charge in [0.1, 0.15) is 0 Å². The van der Waals surface area contributed by atoms with Crippen LogP contribution in [0.1, 0.15) is 18.5 Å². The van der Waals surface area contributed by atoms with E-state index >= 15 is 0 Å². The SMILES string of the molecule is CC(Nc1ccccc1N)c1cccc(Cl)c1. The summed E-state index contributed by atoms with van der Waals surface area (Å²) in [5, 5.41) is 4.12. The van der Waals surface area contributed by atoms with Gasteiger partial charge in [0.15, 0.2) is 0 Å². The van der Waals surface area contributed by atoms with Crippen LogP contribution < -0.4 is 11.1 Å². The maximum Gasteiger partial charge on any atom is 0.0578 e. The second-order valence-corrected chi connectivity index (χ2v) is 4.44. The van der Waals surface area contributed by atoms with Gasteiger partial charge in [0.2, 0.25) is 0 Å². The number of halogens is 1. The molecular formula is C14H15ClN2. The summed E-state index contributed by atoms with van der Waals surface area (Å²) in [7, 11) is 0. The number of hydrogen-bond acceptors (Lipinski definition) is 2. The molecule has 0 amide bonds. The Morgan fingerprint density at radius 2 is 1.88 bits per heavy atom. The maximum absolute atomic E-state index is 5.97. The fourth-order valence-corrected chi connectivity index (χ4v) is 1.92. The molecular weight excluding hydrogens is 232 g/mol. The van der Waals surface area contributed by atoms with Crippen molar-refractivity contribution in [2.24, 2.45) is 0 Å². The predicted octanol–water partition coefficient (Wildman–Crippen LogP) is 4.10. The number of hydrogen-bond donors (Lipinski definition) is 2. The molecule has 0 aliphatic heterocycles. The lowest BCUT2D eigenvalue weighted by Gasteiger charge is -2.17. The first-order valence-electron chi connectivity index (χ1n) is 5.53. The van der Waals surface area contributed by atoms with Crippen molar-refractivity contribution in [2.75, 3.05) is 11.1 Å². The molecule has 3 N–H and O–H groups in total. The second-order valence-electron chi connectivity index (χ2n) is 4.01. The number of nitrogens with one attached hydrogen (secondary N) is 1. The van der Waals surface area contributed by atoms with Gasteiger partial charge in [0.25, 0.3) is 0 Å². The molecule has 3 heteroatoms. The third-order valence-electron chi connectivity index (χ3n) is 2.68. The molecule has 0 fully saturated rings. The van der Waals surface area contributed by atoms with Crippen molar-refractivity contribution >= 4 is 23.0 Å². The van der Waals surface area contributed by atoms with Gasteiger partial charge in [-0.1, -0.05) is 35.9 Å². The Morgan fingerprint density at radius 1 is 1.12 bits per heavy atom. The average molecular weight is 247 g/mol. The van der Waals surface area contributed by atoms with Gasteiger partial charge in [-0.2, -0.15) is 0 Å². The Balaban J connectivity index is 2.17. The fourth-order valence-electron chi connectivity index (χ4n) is 1.72. The molecule has 0 aliphatic carbocycles. The van der Waals surface area contributed by atoms with E-state index in [1.54, 1.807) is 0 Å². The smallest absolute Gasteiger partial charge is 0.0578 e. The Hall–Kier alpha value is -1.67. The van der Waals surface area contributed by atoms with Crippen LogP contribution in [0.15, 0.2) is 48.5 Å². The molecule has 0 saturated heterocycles. The molecule has 0 saturated carbocycles. The molecule has 1 atom stereocenters. The molecule has 17 heavy (non-hydrogen) atoms. The van der Waals surface area contributed by atoms with Crippen LogP contribution in [0, 0.1) is 0 Å². The summed E-state index contributed by atoms with van der Waals surface area (Å²) >= 11 is 5.97. The van der Waals surface area contributed by atoms with E-state index in [1.165, 1.54) is 0 Å². The average Bonchev–Trinajstić information content (AvgIpc) is 2.32. The number of para-hydroxylation sites is 2. The zero-order valence-electron chi connectivity index (χ0n) is 9.65. The molecule has 0 spiro atoms. The van der Waals surface area contributed by atoms with Crippen molar-refractivity contribution in [3.8, 4) is 0 Å². The quantitative estimate of drug-likeness (QED) is 0.801. The van der Waals surface area contributed by atoms with Crippen molar-refractivity contribution < 1.29 is 0 Å².